The van der Waals surface area contributed by atoms with Crippen molar-refractivity contribution >= 4 is 6.09 Å². The van der Waals surface area contributed by atoms with Crippen LogP contribution in [0.5, 0.6) is 0 Å². The summed E-state index contributed by atoms with van der Waals surface area (Å²) in [5, 5.41) is 0. The van der Waals surface area contributed by atoms with Crippen LogP contribution in [0.2, 0.25) is 0 Å². The Balaban J connectivity index is 2.01. The second kappa shape index (κ2) is 7.12. The van der Waals surface area contributed by atoms with E-state index in [2.05, 4.69) is 11.9 Å². The van der Waals surface area contributed by atoms with Gasteiger partial charge in [0.15, 0.2) is 0 Å². The number of likely N-dealkylation sites (tertiary alicyclic amines) is 1. The third-order valence-corrected chi connectivity index (χ3v) is 3.49. The Morgan fingerprint density at radius 2 is 2.37 bits per heavy atom. The van der Waals surface area contributed by atoms with Gasteiger partial charge in [-0.3, -0.25) is 9.88 Å². The first-order valence-corrected chi connectivity index (χ1v) is 7.17. The largest absolute Gasteiger partial charge is 0.449 e. The Morgan fingerprint density at radius 3 is 3.11 bits per heavy atom. The summed E-state index contributed by atoms with van der Waals surface area (Å²) in [6, 6.07) is 5.93. The van der Waals surface area contributed by atoms with E-state index in [9.17, 15) is 4.79 Å². The van der Waals surface area contributed by atoms with Crippen molar-refractivity contribution in [3.05, 3.63) is 30.1 Å². The SMILES string of the molecule is CCCCOC(=O)N1CCCCC1c1ccccn1. The second-order valence-corrected chi connectivity index (χ2v) is 4.93. The van der Waals surface area contributed by atoms with Crippen molar-refractivity contribution in [1.29, 1.82) is 0 Å². The van der Waals surface area contributed by atoms with Crippen molar-refractivity contribution in [2.45, 2.75) is 45.1 Å². The number of unbranched alkanes of at least 4 members (excludes halogenated alkanes) is 1. The molecule has 1 unspecified atom stereocenters. The van der Waals surface area contributed by atoms with Gasteiger partial charge >= 0.3 is 6.09 Å². The fourth-order valence-electron chi connectivity index (χ4n) is 2.42. The van der Waals surface area contributed by atoms with Crippen LogP contribution < -0.4 is 0 Å². The molecule has 1 aliphatic rings. The van der Waals surface area contributed by atoms with Gasteiger partial charge in [0.25, 0.3) is 0 Å². The van der Waals surface area contributed by atoms with Crippen molar-refractivity contribution in [3.8, 4) is 0 Å². The molecule has 0 aromatic carbocycles. The Morgan fingerprint density at radius 1 is 1.47 bits per heavy atom. The summed E-state index contributed by atoms with van der Waals surface area (Å²) in [4.78, 5) is 18.3. The number of nitrogens with zero attached hydrogens (tertiary/aromatic N) is 2. The van der Waals surface area contributed by atoms with Gasteiger partial charge in [0, 0.05) is 12.7 Å². The highest BCUT2D eigenvalue weighted by Crippen LogP contribution is 2.30. The minimum atomic E-state index is -0.191. The molecule has 1 atom stereocenters. The summed E-state index contributed by atoms with van der Waals surface area (Å²) < 4.78 is 5.33. The molecule has 2 heterocycles. The first kappa shape index (κ1) is 13.8. The summed E-state index contributed by atoms with van der Waals surface area (Å²) in [5.41, 5.74) is 0.967. The summed E-state index contributed by atoms with van der Waals surface area (Å²) in [7, 11) is 0. The van der Waals surface area contributed by atoms with Crippen LogP contribution in [0.15, 0.2) is 24.4 Å². The van der Waals surface area contributed by atoms with Crippen LogP contribution in [-0.2, 0) is 4.74 Å². The number of hydrogen-bond acceptors (Lipinski definition) is 3. The van der Waals surface area contributed by atoms with Crippen LogP contribution in [0, 0.1) is 0 Å². The van der Waals surface area contributed by atoms with Gasteiger partial charge in [0.1, 0.15) is 0 Å². The standard InChI is InChI=1S/C15H22N2O2/c1-2-3-12-19-15(18)17-11-7-5-9-14(17)13-8-4-6-10-16-13/h4,6,8,10,14H,2-3,5,7,9,11-12H2,1H3. The molecule has 1 amide bonds. The highest BCUT2D eigenvalue weighted by Gasteiger charge is 2.29. The predicted octanol–water partition coefficient (Wildman–Crippen LogP) is 3.55. The Labute approximate surface area is 114 Å². The van der Waals surface area contributed by atoms with Crippen molar-refractivity contribution in [3.63, 3.8) is 0 Å². The van der Waals surface area contributed by atoms with Gasteiger partial charge in [-0.05, 0) is 37.8 Å². The molecule has 1 aromatic rings. The van der Waals surface area contributed by atoms with Gasteiger partial charge < -0.3 is 4.74 Å². The molecule has 0 radical (unpaired) electrons. The van der Waals surface area contributed by atoms with E-state index in [0.29, 0.717) is 6.61 Å². The topological polar surface area (TPSA) is 42.4 Å². The van der Waals surface area contributed by atoms with Gasteiger partial charge in [-0.25, -0.2) is 4.79 Å². The fourth-order valence-corrected chi connectivity index (χ4v) is 2.42. The van der Waals surface area contributed by atoms with E-state index in [1.165, 1.54) is 0 Å². The third-order valence-electron chi connectivity index (χ3n) is 3.49. The Hall–Kier alpha value is -1.58. The number of carbonyl (C=O) groups is 1. The fraction of sp³-hybridized carbons (Fsp3) is 0.600. The summed E-state index contributed by atoms with van der Waals surface area (Å²) in [6.45, 7) is 3.37. The molecule has 1 aromatic heterocycles. The van der Waals surface area contributed by atoms with Crippen molar-refractivity contribution < 1.29 is 9.53 Å². The van der Waals surface area contributed by atoms with Crippen molar-refractivity contribution in [2.24, 2.45) is 0 Å². The van der Waals surface area contributed by atoms with Crippen LogP contribution >= 0.6 is 0 Å². The molecule has 0 aliphatic carbocycles. The lowest BCUT2D eigenvalue weighted by atomic mass is 9.99. The lowest BCUT2D eigenvalue weighted by Crippen LogP contribution is -2.39. The highest BCUT2D eigenvalue weighted by atomic mass is 16.6. The average molecular weight is 262 g/mol. The van der Waals surface area contributed by atoms with Crippen molar-refractivity contribution in [2.75, 3.05) is 13.2 Å². The number of amides is 1. The molecule has 104 valence electrons. The van der Waals surface area contributed by atoms with Gasteiger partial charge in [0.2, 0.25) is 0 Å². The normalized spacial score (nSPS) is 19.2. The van der Waals surface area contributed by atoms with E-state index in [1.54, 1.807) is 6.20 Å². The second-order valence-electron chi connectivity index (χ2n) is 4.93. The molecule has 19 heavy (non-hydrogen) atoms. The zero-order valence-electron chi connectivity index (χ0n) is 11.5. The molecule has 0 bridgehead atoms. The van der Waals surface area contributed by atoms with Gasteiger partial charge in [0.05, 0.1) is 18.3 Å². The molecule has 0 saturated carbocycles. The maximum Gasteiger partial charge on any atom is 0.410 e. The molecular formula is C15H22N2O2. The first-order chi connectivity index (χ1) is 9.33. The van der Waals surface area contributed by atoms with E-state index in [4.69, 9.17) is 4.74 Å². The molecule has 1 saturated heterocycles. The number of hydrogen-bond donors (Lipinski definition) is 0. The lowest BCUT2D eigenvalue weighted by Gasteiger charge is -2.34. The maximum atomic E-state index is 12.1. The zero-order valence-corrected chi connectivity index (χ0v) is 11.5. The molecule has 1 aliphatic heterocycles. The Bertz CT molecular complexity index is 394. The minimum absolute atomic E-state index is 0.0732. The highest BCUT2D eigenvalue weighted by molar-refractivity contribution is 5.68. The molecule has 1 fully saturated rings. The molecule has 0 spiro atoms. The van der Waals surface area contributed by atoms with Crippen LogP contribution in [0.1, 0.15) is 50.8 Å². The molecule has 0 N–H and O–H groups in total. The molecular weight excluding hydrogens is 240 g/mol. The number of ether oxygens (including phenoxy) is 1. The summed E-state index contributed by atoms with van der Waals surface area (Å²) in [5.74, 6) is 0. The van der Waals surface area contributed by atoms with Crippen molar-refractivity contribution in [1.82, 2.24) is 9.88 Å². The van der Waals surface area contributed by atoms with E-state index >= 15 is 0 Å². The number of piperidine rings is 1. The van der Waals surface area contributed by atoms with Gasteiger partial charge in [-0.1, -0.05) is 19.4 Å². The maximum absolute atomic E-state index is 12.1. The van der Waals surface area contributed by atoms with E-state index in [1.807, 2.05) is 23.1 Å². The number of pyridine rings is 1. The van der Waals surface area contributed by atoms with Crippen LogP contribution in [0.25, 0.3) is 0 Å². The van der Waals surface area contributed by atoms with Gasteiger partial charge in [-0.2, -0.15) is 0 Å². The number of carbonyl (C=O) groups excluding carboxylic acids is 1. The van der Waals surface area contributed by atoms with E-state index in [0.717, 1.165) is 44.3 Å². The molecule has 4 nitrogen and oxygen atoms in total. The lowest BCUT2D eigenvalue weighted by molar-refractivity contribution is 0.0710. The van der Waals surface area contributed by atoms with Gasteiger partial charge in [-0.15, -0.1) is 0 Å². The quantitative estimate of drug-likeness (QED) is 0.779. The molecule has 2 rings (SSSR count). The number of aromatic nitrogens is 1. The van der Waals surface area contributed by atoms with Crippen LogP contribution in [0.3, 0.4) is 0 Å². The Kier molecular flexibility index (Phi) is 5.19. The minimum Gasteiger partial charge on any atom is -0.449 e. The van der Waals surface area contributed by atoms with Crippen LogP contribution in [-0.4, -0.2) is 29.1 Å². The summed E-state index contributed by atoms with van der Waals surface area (Å²) >= 11 is 0. The van der Waals surface area contributed by atoms with Crippen LogP contribution in [0.4, 0.5) is 4.79 Å². The van der Waals surface area contributed by atoms with E-state index in [-0.39, 0.29) is 12.1 Å². The van der Waals surface area contributed by atoms with E-state index < -0.39 is 0 Å². The smallest absolute Gasteiger partial charge is 0.410 e. The summed E-state index contributed by atoms with van der Waals surface area (Å²) in [6.07, 6.45) is 6.71. The first-order valence-electron chi connectivity index (χ1n) is 7.17. The third kappa shape index (κ3) is 3.69. The monoisotopic (exact) mass is 262 g/mol. The zero-order chi connectivity index (χ0) is 13.5. The number of rotatable bonds is 4. The molecule has 4 heteroatoms. The predicted molar refractivity (Wildman–Crippen MR) is 73.8 cm³/mol. The average Bonchev–Trinajstić information content (AvgIpc) is 2.48.